The third-order valence-corrected chi connectivity index (χ3v) is 3.51. The van der Waals surface area contributed by atoms with Gasteiger partial charge in [-0.2, -0.15) is 0 Å². The van der Waals surface area contributed by atoms with Gasteiger partial charge in [-0.3, -0.25) is 4.79 Å². The summed E-state index contributed by atoms with van der Waals surface area (Å²) >= 11 is 0. The van der Waals surface area contributed by atoms with Gasteiger partial charge in [0.25, 0.3) is 0 Å². The minimum absolute atomic E-state index is 0.155. The van der Waals surface area contributed by atoms with Crippen molar-refractivity contribution in [3.8, 4) is 0 Å². The van der Waals surface area contributed by atoms with Gasteiger partial charge in [-0.25, -0.2) is 0 Å². The molecule has 0 aromatic rings. The van der Waals surface area contributed by atoms with Crippen LogP contribution >= 0.6 is 0 Å². The average molecular weight is 242 g/mol. The van der Waals surface area contributed by atoms with Gasteiger partial charge < -0.3 is 9.47 Å². The smallest absolute Gasteiger partial charge is 0.161 e. The van der Waals surface area contributed by atoms with Gasteiger partial charge in [0.05, 0.1) is 0 Å². The quantitative estimate of drug-likeness (QED) is 0.614. The second-order valence-electron chi connectivity index (χ2n) is 4.84. The van der Waals surface area contributed by atoms with Crippen LogP contribution in [0, 0.1) is 5.92 Å². The molecule has 1 fully saturated rings. The molecule has 0 spiro atoms. The molecule has 0 radical (unpaired) electrons. The maximum Gasteiger partial charge on any atom is 0.161 e. The minimum atomic E-state index is -0.155. The molecule has 0 aromatic heterocycles. The summed E-state index contributed by atoms with van der Waals surface area (Å²) in [5.41, 5.74) is 0. The predicted octanol–water partition coefficient (Wildman–Crippen LogP) is 2.97. The molecule has 17 heavy (non-hydrogen) atoms. The lowest BCUT2D eigenvalue weighted by Gasteiger charge is -2.29. The topological polar surface area (TPSA) is 35.5 Å². The molecule has 1 rings (SSSR count). The molecule has 0 saturated heterocycles. The van der Waals surface area contributed by atoms with E-state index < -0.39 is 0 Å². The molecule has 3 heteroatoms. The summed E-state index contributed by atoms with van der Waals surface area (Å²) in [5.74, 6) is 0.731. The first-order valence-electron chi connectivity index (χ1n) is 6.92. The molecule has 0 heterocycles. The summed E-state index contributed by atoms with van der Waals surface area (Å²) in [4.78, 5) is 12.1. The third kappa shape index (κ3) is 5.17. The molecule has 1 aliphatic rings. The van der Waals surface area contributed by atoms with E-state index in [1.807, 2.05) is 6.92 Å². The van der Waals surface area contributed by atoms with Crippen LogP contribution in [-0.2, 0) is 14.3 Å². The van der Waals surface area contributed by atoms with E-state index in [1.165, 1.54) is 19.3 Å². The summed E-state index contributed by atoms with van der Waals surface area (Å²) in [6.45, 7) is 3.27. The van der Waals surface area contributed by atoms with Gasteiger partial charge in [-0.15, -0.1) is 0 Å². The van der Waals surface area contributed by atoms with Crippen LogP contribution in [0.5, 0.6) is 0 Å². The second kappa shape index (κ2) is 8.65. The van der Waals surface area contributed by atoms with Gasteiger partial charge in [0.15, 0.2) is 5.78 Å². The molecule has 100 valence electrons. The Labute approximate surface area is 105 Å². The fourth-order valence-electron chi connectivity index (χ4n) is 2.64. The molecule has 3 nitrogen and oxygen atoms in total. The maximum absolute atomic E-state index is 12.1. The summed E-state index contributed by atoms with van der Waals surface area (Å²) < 4.78 is 10.7. The van der Waals surface area contributed by atoms with Crippen molar-refractivity contribution in [2.24, 2.45) is 5.92 Å². The van der Waals surface area contributed by atoms with Gasteiger partial charge in [0.2, 0.25) is 0 Å². The van der Waals surface area contributed by atoms with E-state index >= 15 is 0 Å². The van der Waals surface area contributed by atoms with Crippen molar-refractivity contribution >= 4 is 5.78 Å². The normalized spacial score (nSPS) is 19.2. The first-order chi connectivity index (χ1) is 8.29. The maximum atomic E-state index is 12.1. The number of hydrogen-bond acceptors (Lipinski definition) is 3. The molecule has 0 bridgehead atoms. The molecule has 1 unspecified atom stereocenters. The first-order valence-corrected chi connectivity index (χ1v) is 6.92. The summed E-state index contributed by atoms with van der Waals surface area (Å²) in [5, 5.41) is 0. The Hall–Kier alpha value is -0.410. The van der Waals surface area contributed by atoms with Crippen molar-refractivity contribution in [2.45, 2.75) is 58.0 Å². The Morgan fingerprint density at radius 2 is 2.00 bits per heavy atom. The highest BCUT2D eigenvalue weighted by atomic mass is 16.5. The van der Waals surface area contributed by atoms with Crippen molar-refractivity contribution in [3.05, 3.63) is 0 Å². The summed E-state index contributed by atoms with van der Waals surface area (Å²) in [6, 6.07) is 0. The molecule has 1 saturated carbocycles. The highest BCUT2D eigenvalue weighted by molar-refractivity contribution is 5.83. The van der Waals surface area contributed by atoms with Crippen LogP contribution in [0.15, 0.2) is 0 Å². The van der Waals surface area contributed by atoms with Gasteiger partial charge in [0.1, 0.15) is 6.10 Å². The fourth-order valence-corrected chi connectivity index (χ4v) is 2.64. The molecule has 0 N–H and O–H groups in total. The molecular formula is C14H26O3. The van der Waals surface area contributed by atoms with Crippen molar-refractivity contribution in [1.82, 2.24) is 0 Å². The number of Topliss-reactive ketones (excluding diaryl/α,β-unsaturated/α-hetero) is 1. The lowest BCUT2D eigenvalue weighted by molar-refractivity contribution is -0.135. The number of methoxy groups -OCH3 is 1. The number of ketones is 1. The predicted molar refractivity (Wildman–Crippen MR) is 68.1 cm³/mol. The summed E-state index contributed by atoms with van der Waals surface area (Å²) in [6.07, 6.45) is 7.37. The molecule has 0 aromatic carbocycles. The monoisotopic (exact) mass is 242 g/mol. The van der Waals surface area contributed by atoms with Crippen LogP contribution in [0.3, 0.4) is 0 Å². The Morgan fingerprint density at radius 3 is 2.59 bits per heavy atom. The SMILES string of the molecule is CCOC(C(=O)CCCOC)C1CCCCC1. The van der Waals surface area contributed by atoms with Gasteiger partial charge in [-0.1, -0.05) is 19.3 Å². The standard InChI is InChI=1S/C14H26O3/c1-3-17-14(12-8-5-4-6-9-12)13(15)10-7-11-16-2/h12,14H,3-11H2,1-2H3. The number of carbonyl (C=O) groups excluding carboxylic acids is 1. The third-order valence-electron chi connectivity index (χ3n) is 3.51. The zero-order chi connectivity index (χ0) is 12.5. The number of carbonyl (C=O) groups is 1. The lowest BCUT2D eigenvalue weighted by atomic mass is 9.83. The van der Waals surface area contributed by atoms with E-state index in [-0.39, 0.29) is 11.9 Å². The lowest BCUT2D eigenvalue weighted by Crippen LogP contribution is -2.34. The molecule has 0 amide bonds. The molecular weight excluding hydrogens is 216 g/mol. The zero-order valence-corrected chi connectivity index (χ0v) is 11.2. The van der Waals surface area contributed by atoms with Crippen molar-refractivity contribution in [3.63, 3.8) is 0 Å². The van der Waals surface area contributed by atoms with E-state index in [0.717, 1.165) is 19.3 Å². The first kappa shape index (κ1) is 14.7. The largest absolute Gasteiger partial charge is 0.385 e. The van der Waals surface area contributed by atoms with Crippen LogP contribution in [0.4, 0.5) is 0 Å². The van der Waals surface area contributed by atoms with Gasteiger partial charge in [0, 0.05) is 26.7 Å². The van der Waals surface area contributed by atoms with Crippen molar-refractivity contribution < 1.29 is 14.3 Å². The van der Waals surface area contributed by atoms with E-state index in [0.29, 0.717) is 25.6 Å². The van der Waals surface area contributed by atoms with Gasteiger partial charge in [-0.05, 0) is 32.1 Å². The molecule has 1 atom stereocenters. The van der Waals surface area contributed by atoms with E-state index in [9.17, 15) is 4.79 Å². The van der Waals surface area contributed by atoms with Crippen LogP contribution in [0.1, 0.15) is 51.9 Å². The number of hydrogen-bond donors (Lipinski definition) is 0. The van der Waals surface area contributed by atoms with Crippen LogP contribution in [0.25, 0.3) is 0 Å². The van der Waals surface area contributed by atoms with E-state index in [4.69, 9.17) is 9.47 Å². The Kier molecular flexibility index (Phi) is 7.45. The van der Waals surface area contributed by atoms with Crippen LogP contribution in [0.2, 0.25) is 0 Å². The van der Waals surface area contributed by atoms with Crippen LogP contribution in [-0.4, -0.2) is 32.2 Å². The van der Waals surface area contributed by atoms with E-state index in [2.05, 4.69) is 0 Å². The van der Waals surface area contributed by atoms with Crippen molar-refractivity contribution in [2.75, 3.05) is 20.3 Å². The average Bonchev–Trinajstić information content (AvgIpc) is 2.37. The number of ether oxygens (including phenoxy) is 2. The van der Waals surface area contributed by atoms with Gasteiger partial charge >= 0.3 is 0 Å². The highest BCUT2D eigenvalue weighted by Crippen LogP contribution is 2.29. The Bertz CT molecular complexity index is 210. The van der Waals surface area contributed by atoms with Crippen molar-refractivity contribution in [1.29, 1.82) is 0 Å². The highest BCUT2D eigenvalue weighted by Gasteiger charge is 2.29. The zero-order valence-electron chi connectivity index (χ0n) is 11.2. The number of rotatable bonds is 8. The minimum Gasteiger partial charge on any atom is -0.385 e. The Morgan fingerprint density at radius 1 is 1.29 bits per heavy atom. The van der Waals surface area contributed by atoms with Crippen LogP contribution < -0.4 is 0 Å². The Balaban J connectivity index is 2.42. The van der Waals surface area contributed by atoms with E-state index in [1.54, 1.807) is 7.11 Å². The summed E-state index contributed by atoms with van der Waals surface area (Å²) in [7, 11) is 1.67. The molecule has 1 aliphatic carbocycles. The second-order valence-corrected chi connectivity index (χ2v) is 4.84. The fraction of sp³-hybridized carbons (Fsp3) is 0.929. The molecule has 0 aliphatic heterocycles.